The fraction of sp³-hybridized carbons (Fsp3) is 0.714. The van der Waals surface area contributed by atoms with Crippen LogP contribution in [-0.2, 0) is 24.8 Å². The van der Waals surface area contributed by atoms with Crippen LogP contribution in [0.5, 0.6) is 0 Å². The van der Waals surface area contributed by atoms with Crippen molar-refractivity contribution in [2.24, 2.45) is 7.05 Å². The third kappa shape index (κ3) is 3.56. The number of hydrogen-bond acceptors (Lipinski definition) is 3. The summed E-state index contributed by atoms with van der Waals surface area (Å²) in [7, 11) is 1.93. The summed E-state index contributed by atoms with van der Waals surface area (Å²) in [6.45, 7) is 2.88. The second kappa shape index (κ2) is 6.19. The second-order valence-electron chi connectivity index (χ2n) is 5.34. The van der Waals surface area contributed by atoms with Gasteiger partial charge in [-0.15, -0.1) is 0 Å². The number of aliphatic carboxylic acids is 1. The minimum Gasteiger partial charge on any atom is -0.480 e. The van der Waals surface area contributed by atoms with Gasteiger partial charge in [0, 0.05) is 19.6 Å². The topological polar surface area (TPSA) is 58.4 Å². The molecule has 1 aliphatic carbocycles. The lowest BCUT2D eigenvalue weighted by Gasteiger charge is -2.26. The largest absolute Gasteiger partial charge is 0.480 e. The predicted octanol–water partition coefficient (Wildman–Crippen LogP) is 1.81. The molecule has 0 unspecified atom stereocenters. The van der Waals surface area contributed by atoms with E-state index in [1.165, 1.54) is 12.8 Å². The standard InChI is InChI=1S/C14H23N3O2/c1-3-11-8-13(16(2)15-11)9-17(10-14(18)19)12-6-4-5-7-12/h8,12H,3-7,9-10H2,1-2H3,(H,18,19). The average Bonchev–Trinajstić information content (AvgIpc) is 2.98. The lowest BCUT2D eigenvalue weighted by Crippen LogP contribution is -2.37. The number of carbonyl (C=O) groups is 1. The van der Waals surface area contributed by atoms with Gasteiger partial charge in [0.25, 0.3) is 0 Å². The molecule has 106 valence electrons. The van der Waals surface area contributed by atoms with Gasteiger partial charge in [0.15, 0.2) is 0 Å². The SMILES string of the molecule is CCc1cc(CN(CC(=O)O)C2CCCC2)n(C)n1. The summed E-state index contributed by atoms with van der Waals surface area (Å²) in [5.41, 5.74) is 2.17. The molecule has 5 nitrogen and oxygen atoms in total. The van der Waals surface area contributed by atoms with Gasteiger partial charge in [0.1, 0.15) is 0 Å². The Kier molecular flexibility index (Phi) is 4.58. The van der Waals surface area contributed by atoms with E-state index in [0.29, 0.717) is 12.6 Å². The van der Waals surface area contributed by atoms with Gasteiger partial charge in [-0.05, 0) is 25.3 Å². The summed E-state index contributed by atoms with van der Waals surface area (Å²) in [4.78, 5) is 13.1. The van der Waals surface area contributed by atoms with E-state index >= 15 is 0 Å². The van der Waals surface area contributed by atoms with Crippen LogP contribution in [0, 0.1) is 0 Å². The highest BCUT2D eigenvalue weighted by Gasteiger charge is 2.25. The zero-order valence-corrected chi connectivity index (χ0v) is 11.8. The third-order valence-corrected chi connectivity index (χ3v) is 3.93. The Morgan fingerprint density at radius 2 is 2.21 bits per heavy atom. The molecule has 1 aromatic rings. The number of carboxylic acid groups (broad SMARTS) is 1. The van der Waals surface area contributed by atoms with Crippen LogP contribution in [-0.4, -0.2) is 38.3 Å². The normalized spacial score (nSPS) is 16.4. The van der Waals surface area contributed by atoms with Crippen molar-refractivity contribution in [1.29, 1.82) is 0 Å². The van der Waals surface area contributed by atoms with E-state index in [1.807, 2.05) is 11.7 Å². The van der Waals surface area contributed by atoms with Crippen LogP contribution in [0.4, 0.5) is 0 Å². The number of aromatic nitrogens is 2. The molecule has 5 heteroatoms. The fourth-order valence-electron chi connectivity index (χ4n) is 2.86. The first-order valence-electron chi connectivity index (χ1n) is 7.07. The van der Waals surface area contributed by atoms with Crippen molar-refractivity contribution >= 4 is 5.97 Å². The number of nitrogens with zero attached hydrogens (tertiary/aromatic N) is 3. The Balaban J connectivity index is 2.09. The van der Waals surface area contributed by atoms with Crippen molar-refractivity contribution < 1.29 is 9.90 Å². The first-order valence-corrected chi connectivity index (χ1v) is 7.07. The quantitative estimate of drug-likeness (QED) is 0.852. The molecule has 1 N–H and O–H groups in total. The number of aryl methyl sites for hydroxylation is 2. The molecule has 0 saturated heterocycles. The molecule has 19 heavy (non-hydrogen) atoms. The summed E-state index contributed by atoms with van der Waals surface area (Å²) >= 11 is 0. The predicted molar refractivity (Wildman–Crippen MR) is 72.9 cm³/mol. The minimum atomic E-state index is -0.746. The van der Waals surface area contributed by atoms with Crippen LogP contribution in [0.3, 0.4) is 0 Å². The Bertz CT molecular complexity index is 436. The van der Waals surface area contributed by atoms with Gasteiger partial charge in [-0.3, -0.25) is 14.4 Å². The Morgan fingerprint density at radius 1 is 1.53 bits per heavy atom. The van der Waals surface area contributed by atoms with Crippen LogP contribution in [0.15, 0.2) is 6.07 Å². The molecule has 1 heterocycles. The van der Waals surface area contributed by atoms with Crippen molar-refractivity contribution in [3.8, 4) is 0 Å². The molecule has 0 amide bonds. The summed E-state index contributed by atoms with van der Waals surface area (Å²) in [5.74, 6) is -0.746. The molecule has 1 aromatic heterocycles. The van der Waals surface area contributed by atoms with Crippen molar-refractivity contribution in [1.82, 2.24) is 14.7 Å². The van der Waals surface area contributed by atoms with Gasteiger partial charge < -0.3 is 5.11 Å². The smallest absolute Gasteiger partial charge is 0.317 e. The van der Waals surface area contributed by atoms with E-state index in [2.05, 4.69) is 23.0 Å². The molecular formula is C14H23N3O2. The minimum absolute atomic E-state index is 0.122. The maximum Gasteiger partial charge on any atom is 0.317 e. The highest BCUT2D eigenvalue weighted by atomic mass is 16.4. The summed E-state index contributed by atoms with van der Waals surface area (Å²) in [6, 6.07) is 2.50. The zero-order valence-electron chi connectivity index (χ0n) is 11.8. The van der Waals surface area contributed by atoms with Crippen molar-refractivity contribution in [3.63, 3.8) is 0 Å². The first-order chi connectivity index (χ1) is 9.10. The third-order valence-electron chi connectivity index (χ3n) is 3.93. The molecule has 0 aromatic carbocycles. The molecular weight excluding hydrogens is 242 g/mol. The lowest BCUT2D eigenvalue weighted by molar-refractivity contribution is -0.139. The molecule has 0 bridgehead atoms. The van der Waals surface area contributed by atoms with Gasteiger partial charge in [-0.2, -0.15) is 5.10 Å². The van der Waals surface area contributed by atoms with Gasteiger partial charge in [-0.1, -0.05) is 19.8 Å². The number of hydrogen-bond donors (Lipinski definition) is 1. The van der Waals surface area contributed by atoms with E-state index in [9.17, 15) is 4.79 Å². The van der Waals surface area contributed by atoms with Crippen LogP contribution < -0.4 is 0 Å². The lowest BCUT2D eigenvalue weighted by atomic mass is 10.2. The van der Waals surface area contributed by atoms with Crippen LogP contribution >= 0.6 is 0 Å². The molecule has 0 radical (unpaired) electrons. The van der Waals surface area contributed by atoms with Crippen molar-refractivity contribution in [2.75, 3.05) is 6.54 Å². The van der Waals surface area contributed by atoms with E-state index < -0.39 is 5.97 Å². The van der Waals surface area contributed by atoms with E-state index in [1.54, 1.807) is 0 Å². The Morgan fingerprint density at radius 3 is 2.74 bits per heavy atom. The highest BCUT2D eigenvalue weighted by molar-refractivity contribution is 5.69. The average molecular weight is 265 g/mol. The molecule has 0 spiro atoms. The van der Waals surface area contributed by atoms with E-state index in [-0.39, 0.29) is 6.54 Å². The monoisotopic (exact) mass is 265 g/mol. The zero-order chi connectivity index (χ0) is 13.8. The van der Waals surface area contributed by atoms with Gasteiger partial charge in [-0.25, -0.2) is 0 Å². The first kappa shape index (κ1) is 14.1. The maximum atomic E-state index is 11.0. The van der Waals surface area contributed by atoms with Crippen molar-refractivity contribution in [3.05, 3.63) is 17.5 Å². The summed E-state index contributed by atoms with van der Waals surface area (Å²) in [6.07, 6.45) is 5.58. The van der Waals surface area contributed by atoms with Crippen LogP contribution in [0.1, 0.15) is 44.0 Å². The molecule has 1 saturated carbocycles. The summed E-state index contributed by atoms with van der Waals surface area (Å²) < 4.78 is 1.88. The highest BCUT2D eigenvalue weighted by Crippen LogP contribution is 2.24. The van der Waals surface area contributed by atoms with Crippen LogP contribution in [0.2, 0.25) is 0 Å². The van der Waals surface area contributed by atoms with Crippen molar-refractivity contribution in [2.45, 2.75) is 51.6 Å². The molecule has 1 aliphatic rings. The fourth-order valence-corrected chi connectivity index (χ4v) is 2.86. The second-order valence-corrected chi connectivity index (χ2v) is 5.34. The molecule has 1 fully saturated rings. The van der Waals surface area contributed by atoms with E-state index in [4.69, 9.17) is 5.11 Å². The van der Waals surface area contributed by atoms with Crippen LogP contribution in [0.25, 0.3) is 0 Å². The number of rotatable bonds is 6. The van der Waals surface area contributed by atoms with Gasteiger partial charge >= 0.3 is 5.97 Å². The van der Waals surface area contributed by atoms with Gasteiger partial charge in [0.2, 0.25) is 0 Å². The maximum absolute atomic E-state index is 11.0. The van der Waals surface area contributed by atoms with E-state index in [0.717, 1.165) is 30.7 Å². The Hall–Kier alpha value is -1.36. The Labute approximate surface area is 114 Å². The number of carboxylic acids is 1. The summed E-state index contributed by atoms with van der Waals surface area (Å²) in [5, 5.41) is 13.5. The molecule has 0 atom stereocenters. The molecule has 2 rings (SSSR count). The molecule has 0 aliphatic heterocycles. The van der Waals surface area contributed by atoms with Gasteiger partial charge in [0.05, 0.1) is 17.9 Å².